The van der Waals surface area contributed by atoms with E-state index in [2.05, 4.69) is 20.9 Å². The van der Waals surface area contributed by atoms with Crippen molar-refractivity contribution >= 4 is 51.2 Å². The smallest absolute Gasteiger partial charge is 0.363 e. The number of benzene rings is 3. The van der Waals surface area contributed by atoms with Gasteiger partial charge < -0.3 is 14.2 Å². The molecular weight excluding hydrogens is 528 g/mol. The summed E-state index contributed by atoms with van der Waals surface area (Å²) in [5.41, 5.74) is 1.58. The highest BCUT2D eigenvalue weighted by Gasteiger charge is 2.26. The summed E-state index contributed by atoms with van der Waals surface area (Å²) >= 11 is 9.34. The van der Waals surface area contributed by atoms with E-state index >= 15 is 0 Å². The number of nitro groups is 1. The number of cyclic esters (lactones) is 1. The average molecular weight is 544 g/mol. The molecule has 0 saturated heterocycles. The fourth-order valence-electron chi connectivity index (χ4n) is 3.17. The lowest BCUT2D eigenvalue weighted by Crippen LogP contribution is -2.06. The second kappa shape index (κ2) is 10.1. The van der Waals surface area contributed by atoms with Crippen LogP contribution in [0.1, 0.15) is 16.7 Å². The molecule has 0 unspecified atom stereocenters. The second-order valence-corrected chi connectivity index (χ2v) is 8.33. The molecular formula is C24H16BrClN2O6. The van der Waals surface area contributed by atoms with Crippen molar-refractivity contribution in [2.75, 3.05) is 7.11 Å². The zero-order valence-corrected chi connectivity index (χ0v) is 20.0. The highest BCUT2D eigenvalue weighted by molar-refractivity contribution is 9.10. The Bertz CT molecular complexity index is 1340. The van der Waals surface area contributed by atoms with Crippen LogP contribution in [0.2, 0.25) is 5.02 Å². The molecule has 1 aliphatic rings. The van der Waals surface area contributed by atoms with Crippen molar-refractivity contribution in [3.05, 3.63) is 103 Å². The van der Waals surface area contributed by atoms with Gasteiger partial charge in [0.2, 0.25) is 5.90 Å². The van der Waals surface area contributed by atoms with Gasteiger partial charge in [-0.15, -0.1) is 0 Å². The molecule has 0 amide bonds. The number of methoxy groups -OCH3 is 1. The first-order valence-electron chi connectivity index (χ1n) is 9.87. The molecule has 3 aromatic rings. The lowest BCUT2D eigenvalue weighted by Gasteiger charge is -2.13. The van der Waals surface area contributed by atoms with Crippen LogP contribution < -0.4 is 9.47 Å². The van der Waals surface area contributed by atoms with Crippen molar-refractivity contribution in [3.8, 4) is 11.5 Å². The Morgan fingerprint density at radius 2 is 1.94 bits per heavy atom. The first-order chi connectivity index (χ1) is 16.4. The summed E-state index contributed by atoms with van der Waals surface area (Å²) < 4.78 is 17.2. The van der Waals surface area contributed by atoms with Gasteiger partial charge in [0, 0.05) is 11.6 Å². The molecule has 8 nitrogen and oxygen atoms in total. The summed E-state index contributed by atoms with van der Waals surface area (Å²) in [6.07, 6.45) is 1.52. The molecule has 0 spiro atoms. The number of nitrogens with zero attached hydrogens (tertiary/aromatic N) is 2. The number of carbonyl (C=O) groups excluding carboxylic acids is 1. The molecule has 3 aromatic carbocycles. The van der Waals surface area contributed by atoms with E-state index < -0.39 is 10.9 Å². The SMILES string of the molecule is COc1cc(/C=C2\N=C(c3ccc(Cl)c([N+](=O)[O-])c3)OC2=O)cc(Br)c1OCc1ccccc1. The molecule has 172 valence electrons. The van der Waals surface area contributed by atoms with Gasteiger partial charge in [-0.1, -0.05) is 41.9 Å². The molecule has 4 rings (SSSR count). The number of rotatable bonds is 7. The topological polar surface area (TPSA) is 100 Å². The van der Waals surface area contributed by atoms with Crippen molar-refractivity contribution < 1.29 is 23.9 Å². The van der Waals surface area contributed by atoms with Crippen molar-refractivity contribution in [1.29, 1.82) is 0 Å². The predicted molar refractivity (Wildman–Crippen MR) is 130 cm³/mol. The van der Waals surface area contributed by atoms with Crippen molar-refractivity contribution in [1.82, 2.24) is 0 Å². The van der Waals surface area contributed by atoms with E-state index in [-0.39, 0.29) is 27.9 Å². The van der Waals surface area contributed by atoms with E-state index in [1.165, 1.54) is 31.4 Å². The highest BCUT2D eigenvalue weighted by atomic mass is 79.9. The zero-order chi connectivity index (χ0) is 24.2. The number of carbonyl (C=O) groups is 1. The van der Waals surface area contributed by atoms with E-state index in [0.717, 1.165) is 5.56 Å². The first-order valence-corrected chi connectivity index (χ1v) is 11.0. The number of hydrogen-bond donors (Lipinski definition) is 0. The summed E-state index contributed by atoms with van der Waals surface area (Å²) in [6, 6.07) is 17.2. The van der Waals surface area contributed by atoms with E-state index in [4.69, 9.17) is 25.8 Å². The Labute approximate surface area is 207 Å². The van der Waals surface area contributed by atoms with E-state index in [9.17, 15) is 14.9 Å². The minimum absolute atomic E-state index is 0.0269. The monoisotopic (exact) mass is 542 g/mol. The largest absolute Gasteiger partial charge is 0.493 e. The molecule has 10 heteroatoms. The number of halogens is 2. The van der Waals surface area contributed by atoms with Crippen LogP contribution in [-0.2, 0) is 16.1 Å². The van der Waals surface area contributed by atoms with Crippen LogP contribution in [0.4, 0.5) is 5.69 Å². The number of aliphatic imine (C=N–C) groups is 1. The van der Waals surface area contributed by atoms with Crippen LogP contribution >= 0.6 is 27.5 Å². The van der Waals surface area contributed by atoms with Gasteiger partial charge in [0.1, 0.15) is 11.6 Å². The Morgan fingerprint density at radius 1 is 1.18 bits per heavy atom. The van der Waals surface area contributed by atoms with Crippen LogP contribution in [0, 0.1) is 10.1 Å². The molecule has 0 bridgehead atoms. The van der Waals surface area contributed by atoms with Crippen LogP contribution in [0.15, 0.2) is 75.8 Å². The Balaban J connectivity index is 1.61. The lowest BCUT2D eigenvalue weighted by molar-refractivity contribution is -0.384. The third-order valence-electron chi connectivity index (χ3n) is 4.79. The van der Waals surface area contributed by atoms with Gasteiger partial charge in [-0.2, -0.15) is 0 Å². The molecule has 0 atom stereocenters. The Kier molecular flexibility index (Phi) is 6.95. The maximum atomic E-state index is 12.4. The summed E-state index contributed by atoms with van der Waals surface area (Å²) in [6.45, 7) is 0.351. The van der Waals surface area contributed by atoms with Gasteiger partial charge >= 0.3 is 5.97 Å². The Hall–Kier alpha value is -3.69. The number of hydrogen-bond acceptors (Lipinski definition) is 7. The molecule has 1 heterocycles. The standard InChI is InChI=1S/C24H16BrClN2O6/c1-32-21-11-15(9-17(25)22(21)33-13-14-5-3-2-4-6-14)10-19-24(29)34-23(27-19)16-7-8-18(26)20(12-16)28(30)31/h2-12H,13H2,1H3/b19-10-. The molecule has 0 aliphatic carbocycles. The van der Waals surface area contributed by atoms with Gasteiger partial charge in [0.05, 0.1) is 16.5 Å². The molecule has 0 fully saturated rings. The number of ether oxygens (including phenoxy) is 3. The molecule has 0 saturated carbocycles. The first kappa shape index (κ1) is 23.5. The molecule has 0 radical (unpaired) electrons. The van der Waals surface area contributed by atoms with Crippen LogP contribution in [0.25, 0.3) is 6.08 Å². The second-order valence-electron chi connectivity index (χ2n) is 7.07. The summed E-state index contributed by atoms with van der Waals surface area (Å²) in [5, 5.41) is 11.1. The number of nitro benzene ring substituents is 1. The van der Waals surface area contributed by atoms with E-state index in [0.29, 0.717) is 28.1 Å². The summed E-state index contributed by atoms with van der Waals surface area (Å²) in [4.78, 5) is 27.1. The Morgan fingerprint density at radius 3 is 2.65 bits per heavy atom. The van der Waals surface area contributed by atoms with Gasteiger partial charge in [0.25, 0.3) is 5.69 Å². The van der Waals surface area contributed by atoms with Gasteiger partial charge in [-0.25, -0.2) is 9.79 Å². The van der Waals surface area contributed by atoms with Gasteiger partial charge in [-0.05, 0) is 57.4 Å². The maximum absolute atomic E-state index is 12.4. The third kappa shape index (κ3) is 5.11. The van der Waals surface area contributed by atoms with Gasteiger partial charge in [-0.3, -0.25) is 10.1 Å². The molecule has 0 aromatic heterocycles. The quantitative estimate of drug-likeness (QED) is 0.158. The summed E-state index contributed by atoms with van der Waals surface area (Å²) in [7, 11) is 1.52. The van der Waals surface area contributed by atoms with E-state index in [1.54, 1.807) is 12.1 Å². The minimum Gasteiger partial charge on any atom is -0.493 e. The average Bonchev–Trinajstić information content (AvgIpc) is 3.18. The van der Waals surface area contributed by atoms with Gasteiger partial charge in [0.15, 0.2) is 17.2 Å². The predicted octanol–water partition coefficient (Wildman–Crippen LogP) is 5.94. The number of esters is 1. The van der Waals surface area contributed by atoms with Crippen molar-refractivity contribution in [2.24, 2.45) is 4.99 Å². The molecule has 1 aliphatic heterocycles. The van der Waals surface area contributed by atoms with Crippen LogP contribution in [-0.4, -0.2) is 23.9 Å². The summed E-state index contributed by atoms with van der Waals surface area (Å²) in [5.74, 6) is 0.234. The minimum atomic E-state index is -0.688. The normalized spacial score (nSPS) is 14.0. The molecule has 0 N–H and O–H groups in total. The van der Waals surface area contributed by atoms with Crippen LogP contribution in [0.5, 0.6) is 11.5 Å². The maximum Gasteiger partial charge on any atom is 0.363 e. The third-order valence-corrected chi connectivity index (χ3v) is 5.70. The highest BCUT2D eigenvalue weighted by Crippen LogP contribution is 2.38. The lowest BCUT2D eigenvalue weighted by atomic mass is 10.1. The fraction of sp³-hybridized carbons (Fsp3) is 0.0833. The fourth-order valence-corrected chi connectivity index (χ4v) is 3.93. The van der Waals surface area contributed by atoms with Crippen molar-refractivity contribution in [3.63, 3.8) is 0 Å². The zero-order valence-electron chi connectivity index (χ0n) is 17.7. The van der Waals surface area contributed by atoms with Crippen molar-refractivity contribution in [2.45, 2.75) is 6.61 Å². The van der Waals surface area contributed by atoms with Crippen LogP contribution in [0.3, 0.4) is 0 Å². The molecule has 34 heavy (non-hydrogen) atoms. The van der Waals surface area contributed by atoms with E-state index in [1.807, 2.05) is 30.3 Å².